The summed E-state index contributed by atoms with van der Waals surface area (Å²) in [6.07, 6.45) is 2.31. The molecule has 0 fully saturated rings. The SMILES string of the molecule is CCNC(C)Cc1ccc2c(c1)CCN2. The molecule has 1 aliphatic rings. The van der Waals surface area contributed by atoms with E-state index in [0.29, 0.717) is 6.04 Å². The maximum atomic E-state index is 3.45. The standard InChI is InChI=1S/C13H20N2/c1-3-14-10(2)8-11-4-5-13-12(9-11)6-7-15-13/h4-5,9-10,14-15H,3,6-8H2,1-2H3. The van der Waals surface area contributed by atoms with Crippen molar-refractivity contribution in [1.29, 1.82) is 0 Å². The van der Waals surface area contributed by atoms with Crippen LogP contribution in [0.2, 0.25) is 0 Å². The third-order valence-corrected chi connectivity index (χ3v) is 2.97. The van der Waals surface area contributed by atoms with Crippen molar-refractivity contribution >= 4 is 5.69 Å². The van der Waals surface area contributed by atoms with Gasteiger partial charge in [-0.25, -0.2) is 0 Å². The maximum Gasteiger partial charge on any atom is 0.0373 e. The van der Waals surface area contributed by atoms with Crippen molar-refractivity contribution in [2.75, 3.05) is 18.4 Å². The maximum absolute atomic E-state index is 3.45. The Morgan fingerprint density at radius 1 is 1.47 bits per heavy atom. The Hall–Kier alpha value is -1.02. The molecule has 2 N–H and O–H groups in total. The fraction of sp³-hybridized carbons (Fsp3) is 0.538. The summed E-state index contributed by atoms with van der Waals surface area (Å²) in [7, 11) is 0. The van der Waals surface area contributed by atoms with E-state index in [1.807, 2.05) is 0 Å². The highest BCUT2D eigenvalue weighted by atomic mass is 14.9. The zero-order valence-corrected chi connectivity index (χ0v) is 9.64. The summed E-state index contributed by atoms with van der Waals surface area (Å²) in [6, 6.07) is 7.38. The molecule has 0 saturated heterocycles. The number of rotatable bonds is 4. The van der Waals surface area contributed by atoms with E-state index in [1.54, 1.807) is 0 Å². The predicted molar refractivity (Wildman–Crippen MR) is 65.5 cm³/mol. The van der Waals surface area contributed by atoms with Crippen molar-refractivity contribution < 1.29 is 0 Å². The lowest BCUT2D eigenvalue weighted by atomic mass is 10.0. The normalized spacial score (nSPS) is 15.9. The Balaban J connectivity index is 2.03. The van der Waals surface area contributed by atoms with Crippen LogP contribution in [-0.2, 0) is 12.8 Å². The van der Waals surface area contributed by atoms with Gasteiger partial charge < -0.3 is 10.6 Å². The topological polar surface area (TPSA) is 24.1 Å². The fourth-order valence-corrected chi connectivity index (χ4v) is 2.26. The van der Waals surface area contributed by atoms with Gasteiger partial charge in [-0.15, -0.1) is 0 Å². The summed E-state index contributed by atoms with van der Waals surface area (Å²) in [4.78, 5) is 0. The van der Waals surface area contributed by atoms with Crippen molar-refractivity contribution in [1.82, 2.24) is 5.32 Å². The van der Waals surface area contributed by atoms with Gasteiger partial charge in [0.25, 0.3) is 0 Å². The lowest BCUT2D eigenvalue weighted by molar-refractivity contribution is 0.565. The van der Waals surface area contributed by atoms with Gasteiger partial charge in [-0.3, -0.25) is 0 Å². The van der Waals surface area contributed by atoms with Crippen LogP contribution in [0.4, 0.5) is 5.69 Å². The minimum absolute atomic E-state index is 0.572. The van der Waals surface area contributed by atoms with Crippen molar-refractivity contribution in [2.45, 2.75) is 32.7 Å². The Morgan fingerprint density at radius 3 is 3.13 bits per heavy atom. The van der Waals surface area contributed by atoms with Crippen LogP contribution in [0.1, 0.15) is 25.0 Å². The number of fused-ring (bicyclic) bond motifs is 1. The highest BCUT2D eigenvalue weighted by molar-refractivity contribution is 5.56. The van der Waals surface area contributed by atoms with Crippen molar-refractivity contribution in [3.63, 3.8) is 0 Å². The van der Waals surface area contributed by atoms with E-state index in [0.717, 1.165) is 19.5 Å². The highest BCUT2D eigenvalue weighted by Crippen LogP contribution is 2.23. The van der Waals surface area contributed by atoms with E-state index in [2.05, 4.69) is 42.7 Å². The summed E-state index contributed by atoms with van der Waals surface area (Å²) in [5, 5.41) is 6.84. The van der Waals surface area contributed by atoms with Gasteiger partial charge in [-0.2, -0.15) is 0 Å². The van der Waals surface area contributed by atoms with Gasteiger partial charge in [0.1, 0.15) is 0 Å². The third kappa shape index (κ3) is 2.51. The summed E-state index contributed by atoms with van der Waals surface area (Å²) in [6.45, 7) is 6.55. The average Bonchev–Trinajstić information content (AvgIpc) is 2.65. The molecule has 82 valence electrons. The quantitative estimate of drug-likeness (QED) is 0.785. The van der Waals surface area contributed by atoms with Gasteiger partial charge in [-0.1, -0.05) is 19.1 Å². The molecule has 0 aliphatic carbocycles. The average molecular weight is 204 g/mol. The molecule has 1 aromatic carbocycles. The smallest absolute Gasteiger partial charge is 0.0373 e. The summed E-state index contributed by atoms with van der Waals surface area (Å²) in [5.74, 6) is 0. The summed E-state index contributed by atoms with van der Waals surface area (Å²) >= 11 is 0. The Morgan fingerprint density at radius 2 is 2.33 bits per heavy atom. The molecule has 0 bridgehead atoms. The first kappa shape index (κ1) is 10.5. The van der Waals surface area contributed by atoms with Crippen LogP contribution in [0.15, 0.2) is 18.2 Å². The first-order valence-electron chi connectivity index (χ1n) is 5.88. The van der Waals surface area contributed by atoms with E-state index >= 15 is 0 Å². The molecule has 2 nitrogen and oxygen atoms in total. The van der Waals surface area contributed by atoms with Crippen LogP contribution < -0.4 is 10.6 Å². The second-order valence-electron chi connectivity index (χ2n) is 4.33. The molecule has 15 heavy (non-hydrogen) atoms. The van der Waals surface area contributed by atoms with Crippen LogP contribution in [-0.4, -0.2) is 19.1 Å². The lowest BCUT2D eigenvalue weighted by Crippen LogP contribution is -2.27. The number of nitrogens with one attached hydrogen (secondary N) is 2. The van der Waals surface area contributed by atoms with Gasteiger partial charge in [0.15, 0.2) is 0 Å². The minimum Gasteiger partial charge on any atom is -0.384 e. The largest absolute Gasteiger partial charge is 0.384 e. The predicted octanol–water partition coefficient (Wildman–Crippen LogP) is 2.20. The van der Waals surface area contributed by atoms with Crippen LogP contribution >= 0.6 is 0 Å². The zero-order chi connectivity index (χ0) is 10.7. The minimum atomic E-state index is 0.572. The fourth-order valence-electron chi connectivity index (χ4n) is 2.26. The molecule has 1 aromatic rings. The second kappa shape index (κ2) is 4.67. The van der Waals surface area contributed by atoms with E-state index in [1.165, 1.54) is 23.2 Å². The number of hydrogen-bond donors (Lipinski definition) is 2. The number of benzene rings is 1. The van der Waals surface area contributed by atoms with Gasteiger partial charge in [0.05, 0.1) is 0 Å². The second-order valence-corrected chi connectivity index (χ2v) is 4.33. The van der Waals surface area contributed by atoms with Gasteiger partial charge in [-0.05, 0) is 43.5 Å². The molecule has 0 radical (unpaired) electrons. The zero-order valence-electron chi connectivity index (χ0n) is 9.64. The Labute approximate surface area is 92.1 Å². The highest BCUT2D eigenvalue weighted by Gasteiger charge is 2.10. The number of likely N-dealkylation sites (N-methyl/N-ethyl adjacent to an activating group) is 1. The summed E-state index contributed by atoms with van der Waals surface area (Å²) < 4.78 is 0. The first-order valence-corrected chi connectivity index (χ1v) is 5.88. The van der Waals surface area contributed by atoms with Crippen LogP contribution in [0.3, 0.4) is 0 Å². The van der Waals surface area contributed by atoms with Gasteiger partial charge in [0.2, 0.25) is 0 Å². The van der Waals surface area contributed by atoms with E-state index in [4.69, 9.17) is 0 Å². The molecular formula is C13H20N2. The van der Waals surface area contributed by atoms with E-state index < -0.39 is 0 Å². The molecule has 1 atom stereocenters. The van der Waals surface area contributed by atoms with Crippen LogP contribution in [0.25, 0.3) is 0 Å². The molecule has 0 amide bonds. The third-order valence-electron chi connectivity index (χ3n) is 2.97. The molecule has 2 heteroatoms. The number of anilines is 1. The molecular weight excluding hydrogens is 184 g/mol. The van der Waals surface area contributed by atoms with Gasteiger partial charge >= 0.3 is 0 Å². The molecule has 0 saturated carbocycles. The molecule has 0 aromatic heterocycles. The summed E-state index contributed by atoms with van der Waals surface area (Å²) in [5.41, 5.74) is 4.26. The van der Waals surface area contributed by atoms with Crippen molar-refractivity contribution in [2.24, 2.45) is 0 Å². The molecule has 1 aliphatic heterocycles. The molecule has 0 spiro atoms. The van der Waals surface area contributed by atoms with E-state index in [-0.39, 0.29) is 0 Å². The number of hydrogen-bond acceptors (Lipinski definition) is 2. The Bertz CT molecular complexity index is 333. The van der Waals surface area contributed by atoms with Crippen molar-refractivity contribution in [3.8, 4) is 0 Å². The molecule has 2 rings (SSSR count). The van der Waals surface area contributed by atoms with Crippen LogP contribution in [0, 0.1) is 0 Å². The first-order chi connectivity index (χ1) is 7.29. The lowest BCUT2D eigenvalue weighted by Gasteiger charge is -2.12. The molecule has 1 heterocycles. The van der Waals surface area contributed by atoms with E-state index in [9.17, 15) is 0 Å². The monoisotopic (exact) mass is 204 g/mol. The molecule has 1 unspecified atom stereocenters. The van der Waals surface area contributed by atoms with Crippen LogP contribution in [0.5, 0.6) is 0 Å². The van der Waals surface area contributed by atoms with Crippen molar-refractivity contribution in [3.05, 3.63) is 29.3 Å². The van der Waals surface area contributed by atoms with Gasteiger partial charge in [0, 0.05) is 18.3 Å². The Kier molecular flexibility index (Phi) is 3.27.